The Morgan fingerprint density at radius 1 is 1.41 bits per heavy atom. The summed E-state index contributed by atoms with van der Waals surface area (Å²) in [5.74, 6) is 0.825. The Morgan fingerprint density at radius 3 is 2.86 bits per heavy atom. The summed E-state index contributed by atoms with van der Waals surface area (Å²) in [5.41, 5.74) is 1.71. The molecule has 1 aliphatic rings. The second-order valence-corrected chi connectivity index (χ2v) is 6.70. The van der Waals surface area contributed by atoms with E-state index in [1.807, 2.05) is 29.2 Å². The van der Waals surface area contributed by atoms with Crippen LogP contribution in [0.2, 0.25) is 0 Å². The van der Waals surface area contributed by atoms with Gasteiger partial charge in [0.2, 0.25) is 0 Å². The van der Waals surface area contributed by atoms with Gasteiger partial charge in [-0.25, -0.2) is 0 Å². The molecule has 1 heterocycles. The van der Waals surface area contributed by atoms with E-state index in [1.165, 1.54) is 0 Å². The summed E-state index contributed by atoms with van der Waals surface area (Å²) in [6.07, 6.45) is 1.98. The molecule has 0 aromatic heterocycles. The number of aliphatic hydroxyl groups excluding tert-OH is 1. The van der Waals surface area contributed by atoms with E-state index in [9.17, 15) is 9.90 Å². The molecule has 22 heavy (non-hydrogen) atoms. The van der Waals surface area contributed by atoms with Crippen molar-refractivity contribution in [2.24, 2.45) is 11.8 Å². The number of carbonyl (C=O) groups excluding carboxylic acids is 1. The highest BCUT2D eigenvalue weighted by Gasteiger charge is 2.24. The van der Waals surface area contributed by atoms with Crippen LogP contribution >= 0.6 is 0 Å². The number of anilines is 1. The summed E-state index contributed by atoms with van der Waals surface area (Å²) in [7, 11) is 0. The Labute approximate surface area is 133 Å². The van der Waals surface area contributed by atoms with Crippen LogP contribution in [0.4, 0.5) is 5.69 Å². The van der Waals surface area contributed by atoms with Crippen molar-refractivity contribution in [2.75, 3.05) is 25.0 Å². The van der Waals surface area contributed by atoms with Crippen LogP contribution in [0.5, 0.6) is 0 Å². The summed E-state index contributed by atoms with van der Waals surface area (Å²) in [6, 6.07) is 8.09. The first-order chi connectivity index (χ1) is 10.5. The second kappa shape index (κ2) is 7.63. The fourth-order valence-electron chi connectivity index (χ4n) is 2.75. The third-order valence-corrected chi connectivity index (χ3v) is 4.57. The van der Waals surface area contributed by atoms with Gasteiger partial charge in [-0.2, -0.15) is 0 Å². The van der Waals surface area contributed by atoms with Crippen molar-refractivity contribution < 1.29 is 9.90 Å². The number of hydrogen-bond acceptors (Lipinski definition) is 3. The lowest BCUT2D eigenvalue weighted by molar-refractivity contribution is 0.0621. The van der Waals surface area contributed by atoms with E-state index in [-0.39, 0.29) is 18.4 Å². The van der Waals surface area contributed by atoms with Gasteiger partial charge in [0.1, 0.15) is 0 Å². The standard InChI is InChI=1S/C18H28N2O2/c1-13(2)14(3)19-17-8-4-7-16(10-17)18(22)20-9-5-6-15(11-20)12-21/h4,7-8,10,13-15,19,21H,5-6,9,11-12H2,1-3H3. The molecule has 1 aromatic rings. The molecule has 0 radical (unpaired) electrons. The first-order valence-corrected chi connectivity index (χ1v) is 8.28. The van der Waals surface area contributed by atoms with Crippen LogP contribution in [-0.2, 0) is 0 Å². The SMILES string of the molecule is CC(C)C(C)Nc1cccc(C(=O)N2CCCC(CO)C2)c1. The van der Waals surface area contributed by atoms with Crippen molar-refractivity contribution in [2.45, 2.75) is 39.7 Å². The molecule has 1 aliphatic heterocycles. The minimum absolute atomic E-state index is 0.0685. The van der Waals surface area contributed by atoms with Gasteiger partial charge < -0.3 is 15.3 Å². The summed E-state index contributed by atoms with van der Waals surface area (Å²) >= 11 is 0. The van der Waals surface area contributed by atoms with E-state index >= 15 is 0 Å². The van der Waals surface area contributed by atoms with Crippen LogP contribution in [0, 0.1) is 11.8 Å². The quantitative estimate of drug-likeness (QED) is 0.879. The van der Waals surface area contributed by atoms with Crippen LogP contribution in [0.3, 0.4) is 0 Å². The largest absolute Gasteiger partial charge is 0.396 e. The van der Waals surface area contributed by atoms with Crippen LogP contribution in [0.25, 0.3) is 0 Å². The van der Waals surface area contributed by atoms with E-state index in [0.717, 1.165) is 30.6 Å². The lowest BCUT2D eigenvalue weighted by Crippen LogP contribution is -2.40. The molecule has 1 saturated heterocycles. The molecule has 1 aromatic carbocycles. The number of benzene rings is 1. The van der Waals surface area contributed by atoms with Crippen molar-refractivity contribution in [1.82, 2.24) is 4.90 Å². The molecule has 122 valence electrons. The highest BCUT2D eigenvalue weighted by atomic mass is 16.3. The van der Waals surface area contributed by atoms with E-state index in [0.29, 0.717) is 18.5 Å². The van der Waals surface area contributed by atoms with Gasteiger partial charge in [-0.1, -0.05) is 19.9 Å². The molecule has 2 N–H and O–H groups in total. The van der Waals surface area contributed by atoms with Gasteiger partial charge in [0.25, 0.3) is 5.91 Å². The lowest BCUT2D eigenvalue weighted by atomic mass is 9.98. The normalized spacial score (nSPS) is 20.0. The molecular formula is C18H28N2O2. The van der Waals surface area contributed by atoms with Gasteiger partial charge in [-0.15, -0.1) is 0 Å². The number of amides is 1. The average Bonchev–Trinajstić information content (AvgIpc) is 2.54. The number of hydrogen-bond donors (Lipinski definition) is 2. The van der Waals surface area contributed by atoms with Gasteiger partial charge >= 0.3 is 0 Å². The number of piperidine rings is 1. The lowest BCUT2D eigenvalue weighted by Gasteiger charge is -2.32. The van der Waals surface area contributed by atoms with Crippen LogP contribution in [0.1, 0.15) is 44.0 Å². The Bertz CT molecular complexity index is 502. The predicted molar refractivity (Wildman–Crippen MR) is 90.1 cm³/mol. The number of carbonyl (C=O) groups is 1. The topological polar surface area (TPSA) is 52.6 Å². The maximum absolute atomic E-state index is 12.6. The first-order valence-electron chi connectivity index (χ1n) is 8.28. The Morgan fingerprint density at radius 2 is 2.18 bits per heavy atom. The maximum Gasteiger partial charge on any atom is 0.253 e. The van der Waals surface area contributed by atoms with E-state index in [2.05, 4.69) is 26.1 Å². The number of aliphatic hydroxyl groups is 1. The molecule has 2 rings (SSSR count). The maximum atomic E-state index is 12.6. The third-order valence-electron chi connectivity index (χ3n) is 4.57. The van der Waals surface area contributed by atoms with Crippen molar-refractivity contribution in [3.8, 4) is 0 Å². The molecule has 1 fully saturated rings. The molecule has 2 unspecified atom stereocenters. The second-order valence-electron chi connectivity index (χ2n) is 6.70. The number of nitrogens with zero attached hydrogens (tertiary/aromatic N) is 1. The van der Waals surface area contributed by atoms with E-state index < -0.39 is 0 Å². The van der Waals surface area contributed by atoms with Crippen molar-refractivity contribution in [3.05, 3.63) is 29.8 Å². The zero-order valence-electron chi connectivity index (χ0n) is 13.9. The Hall–Kier alpha value is -1.55. The molecule has 0 bridgehead atoms. The summed E-state index contributed by atoms with van der Waals surface area (Å²) in [5, 5.41) is 12.8. The average molecular weight is 304 g/mol. The molecule has 0 aliphatic carbocycles. The van der Waals surface area contributed by atoms with Crippen molar-refractivity contribution in [1.29, 1.82) is 0 Å². The molecule has 2 atom stereocenters. The highest BCUT2D eigenvalue weighted by molar-refractivity contribution is 5.95. The molecular weight excluding hydrogens is 276 g/mol. The fourth-order valence-corrected chi connectivity index (χ4v) is 2.75. The van der Waals surface area contributed by atoms with Gasteiger partial charge in [-0.3, -0.25) is 4.79 Å². The predicted octanol–water partition coefficient (Wildman–Crippen LogP) is 2.99. The van der Waals surface area contributed by atoms with E-state index in [4.69, 9.17) is 0 Å². The molecule has 1 amide bonds. The number of likely N-dealkylation sites (tertiary alicyclic amines) is 1. The minimum Gasteiger partial charge on any atom is -0.396 e. The zero-order valence-corrected chi connectivity index (χ0v) is 13.9. The molecule has 4 nitrogen and oxygen atoms in total. The summed E-state index contributed by atoms with van der Waals surface area (Å²) in [4.78, 5) is 14.5. The van der Waals surface area contributed by atoms with Crippen LogP contribution in [-0.4, -0.2) is 41.7 Å². The van der Waals surface area contributed by atoms with Gasteiger partial charge in [0, 0.05) is 37.0 Å². The van der Waals surface area contributed by atoms with Crippen LogP contribution < -0.4 is 5.32 Å². The molecule has 4 heteroatoms. The summed E-state index contributed by atoms with van der Waals surface area (Å²) in [6.45, 7) is 8.11. The fraction of sp³-hybridized carbons (Fsp3) is 0.611. The van der Waals surface area contributed by atoms with Gasteiger partial charge in [0.15, 0.2) is 0 Å². The summed E-state index contributed by atoms with van der Waals surface area (Å²) < 4.78 is 0. The zero-order chi connectivity index (χ0) is 16.1. The smallest absolute Gasteiger partial charge is 0.253 e. The Balaban J connectivity index is 2.06. The van der Waals surface area contributed by atoms with Crippen molar-refractivity contribution in [3.63, 3.8) is 0 Å². The highest BCUT2D eigenvalue weighted by Crippen LogP contribution is 2.20. The van der Waals surface area contributed by atoms with Crippen molar-refractivity contribution >= 4 is 11.6 Å². The van der Waals surface area contributed by atoms with E-state index in [1.54, 1.807) is 0 Å². The molecule has 0 saturated carbocycles. The molecule has 0 spiro atoms. The monoisotopic (exact) mass is 304 g/mol. The number of rotatable bonds is 5. The van der Waals surface area contributed by atoms with Gasteiger partial charge in [-0.05, 0) is 49.8 Å². The third kappa shape index (κ3) is 4.23. The van der Waals surface area contributed by atoms with Gasteiger partial charge in [0.05, 0.1) is 0 Å². The first kappa shape index (κ1) is 16.8. The number of nitrogens with one attached hydrogen (secondary N) is 1. The minimum atomic E-state index is 0.0685. The van der Waals surface area contributed by atoms with Crippen LogP contribution in [0.15, 0.2) is 24.3 Å². The Kier molecular flexibility index (Phi) is 5.83.